The summed E-state index contributed by atoms with van der Waals surface area (Å²) >= 11 is 0. The van der Waals surface area contributed by atoms with E-state index in [4.69, 9.17) is 0 Å². The molecule has 0 bridgehead atoms. The first-order valence-electron chi connectivity index (χ1n) is 6.40. The average Bonchev–Trinajstić information content (AvgIpc) is 2.16. The van der Waals surface area contributed by atoms with Crippen molar-refractivity contribution in [3.8, 4) is 0 Å². The Balaban J connectivity index is 2.29. The maximum absolute atomic E-state index is 3.22. The first-order chi connectivity index (χ1) is 7.05. The van der Waals surface area contributed by atoms with Crippen LogP contribution < -0.4 is 5.32 Å². The third kappa shape index (κ3) is 4.52. The Morgan fingerprint density at radius 2 is 2.13 bits per heavy atom. The van der Waals surface area contributed by atoms with E-state index in [0.29, 0.717) is 5.41 Å². The molecule has 1 atom stereocenters. The number of nitrogens with one attached hydrogen (secondary N) is 1. The fourth-order valence-corrected chi connectivity index (χ4v) is 2.72. The van der Waals surface area contributed by atoms with Crippen molar-refractivity contribution in [2.75, 3.05) is 27.2 Å². The van der Waals surface area contributed by atoms with Crippen LogP contribution in [0, 0.1) is 5.41 Å². The van der Waals surface area contributed by atoms with Crippen LogP contribution in [0.15, 0.2) is 0 Å². The van der Waals surface area contributed by atoms with Gasteiger partial charge in [0.25, 0.3) is 0 Å². The summed E-state index contributed by atoms with van der Waals surface area (Å²) in [4.78, 5) is 2.57. The Hall–Kier alpha value is -0.0800. The lowest BCUT2D eigenvalue weighted by Gasteiger charge is -2.39. The first-order valence-corrected chi connectivity index (χ1v) is 6.40. The molecule has 0 aromatic heterocycles. The number of hydrogen-bond donors (Lipinski definition) is 1. The Labute approximate surface area is 95.4 Å². The van der Waals surface area contributed by atoms with E-state index in [1.54, 1.807) is 0 Å². The second-order valence-corrected chi connectivity index (χ2v) is 5.85. The van der Waals surface area contributed by atoms with Crippen LogP contribution in [0.4, 0.5) is 0 Å². The molecular weight excluding hydrogens is 184 g/mol. The summed E-state index contributed by atoms with van der Waals surface area (Å²) in [6.07, 6.45) is 6.87. The van der Waals surface area contributed by atoms with E-state index in [0.717, 1.165) is 12.6 Å². The lowest BCUT2D eigenvalue weighted by Crippen LogP contribution is -2.39. The fourth-order valence-electron chi connectivity index (χ4n) is 2.72. The van der Waals surface area contributed by atoms with E-state index in [1.807, 2.05) is 7.05 Å². The number of hydrogen-bond acceptors (Lipinski definition) is 2. The predicted octanol–water partition coefficient (Wildman–Crippen LogP) is 2.50. The summed E-state index contributed by atoms with van der Waals surface area (Å²) in [6, 6.07) is 0.825. The molecule has 0 spiro atoms. The van der Waals surface area contributed by atoms with Gasteiger partial charge in [-0.1, -0.05) is 20.3 Å². The maximum Gasteiger partial charge on any atom is 0.00973 e. The summed E-state index contributed by atoms with van der Waals surface area (Å²) in [5, 5.41) is 3.22. The zero-order chi connectivity index (χ0) is 11.3. The molecule has 0 radical (unpaired) electrons. The Morgan fingerprint density at radius 3 is 2.73 bits per heavy atom. The molecule has 0 aromatic carbocycles. The normalized spacial score (nSPS) is 25.8. The van der Waals surface area contributed by atoms with Crippen molar-refractivity contribution in [1.82, 2.24) is 10.2 Å². The minimum absolute atomic E-state index is 0.570. The summed E-state index contributed by atoms with van der Waals surface area (Å²) in [5.74, 6) is 0. The molecule has 2 heteroatoms. The second-order valence-electron chi connectivity index (χ2n) is 5.85. The molecule has 0 saturated heterocycles. The second kappa shape index (κ2) is 5.86. The van der Waals surface area contributed by atoms with Crippen molar-refractivity contribution in [3.05, 3.63) is 0 Å². The molecule has 1 saturated carbocycles. The van der Waals surface area contributed by atoms with Crippen LogP contribution in [0.5, 0.6) is 0 Å². The van der Waals surface area contributed by atoms with Crippen molar-refractivity contribution < 1.29 is 0 Å². The Bertz CT molecular complexity index is 177. The van der Waals surface area contributed by atoms with Gasteiger partial charge in [0, 0.05) is 6.04 Å². The molecule has 0 aliphatic heterocycles. The maximum atomic E-state index is 3.22. The van der Waals surface area contributed by atoms with Crippen LogP contribution >= 0.6 is 0 Å². The quantitative estimate of drug-likeness (QED) is 0.704. The van der Waals surface area contributed by atoms with Crippen molar-refractivity contribution in [2.45, 2.75) is 52.0 Å². The van der Waals surface area contributed by atoms with Crippen LogP contribution in [-0.2, 0) is 0 Å². The summed E-state index contributed by atoms with van der Waals surface area (Å²) in [7, 11) is 4.32. The lowest BCUT2D eigenvalue weighted by atomic mass is 9.75. The van der Waals surface area contributed by atoms with E-state index in [2.05, 4.69) is 31.1 Å². The van der Waals surface area contributed by atoms with E-state index >= 15 is 0 Å². The molecule has 1 unspecified atom stereocenters. The molecule has 1 aliphatic carbocycles. The van der Waals surface area contributed by atoms with Gasteiger partial charge in [-0.3, -0.25) is 0 Å². The van der Waals surface area contributed by atoms with Gasteiger partial charge < -0.3 is 10.2 Å². The highest BCUT2D eigenvalue weighted by Crippen LogP contribution is 2.36. The largest absolute Gasteiger partial charge is 0.320 e. The average molecular weight is 212 g/mol. The third-order valence-corrected chi connectivity index (χ3v) is 3.74. The van der Waals surface area contributed by atoms with E-state index in [1.165, 1.54) is 38.6 Å². The van der Waals surface area contributed by atoms with Crippen molar-refractivity contribution >= 4 is 0 Å². The van der Waals surface area contributed by atoms with Crippen LogP contribution in [0.2, 0.25) is 0 Å². The van der Waals surface area contributed by atoms with Gasteiger partial charge in [0.2, 0.25) is 0 Å². The van der Waals surface area contributed by atoms with Crippen LogP contribution in [0.1, 0.15) is 46.0 Å². The highest BCUT2D eigenvalue weighted by molar-refractivity contribution is 4.84. The standard InChI is InChI=1S/C13H28N2/c1-13(2)8-5-7-12(11-13)15(4)10-6-9-14-3/h12,14H,5-11H2,1-4H3. The zero-order valence-corrected chi connectivity index (χ0v) is 11.0. The van der Waals surface area contributed by atoms with Gasteiger partial charge in [-0.2, -0.15) is 0 Å². The fraction of sp³-hybridized carbons (Fsp3) is 1.00. The summed E-state index contributed by atoms with van der Waals surface area (Å²) < 4.78 is 0. The van der Waals surface area contributed by atoms with Gasteiger partial charge in [-0.25, -0.2) is 0 Å². The third-order valence-electron chi connectivity index (χ3n) is 3.74. The SMILES string of the molecule is CNCCCN(C)C1CCCC(C)(C)C1. The predicted molar refractivity (Wildman–Crippen MR) is 67.2 cm³/mol. The number of nitrogens with zero attached hydrogens (tertiary/aromatic N) is 1. The van der Waals surface area contributed by atoms with Gasteiger partial charge in [0.15, 0.2) is 0 Å². The highest BCUT2D eigenvalue weighted by atomic mass is 15.1. The molecule has 0 aromatic rings. The zero-order valence-electron chi connectivity index (χ0n) is 11.0. The molecule has 1 aliphatic rings. The first kappa shape index (κ1) is 13.0. The smallest absolute Gasteiger partial charge is 0.00973 e. The van der Waals surface area contributed by atoms with Crippen molar-refractivity contribution in [1.29, 1.82) is 0 Å². The van der Waals surface area contributed by atoms with Crippen molar-refractivity contribution in [3.63, 3.8) is 0 Å². The van der Waals surface area contributed by atoms with Gasteiger partial charge in [-0.15, -0.1) is 0 Å². The molecule has 15 heavy (non-hydrogen) atoms. The molecule has 1 fully saturated rings. The molecule has 0 heterocycles. The molecule has 1 rings (SSSR count). The molecule has 0 amide bonds. The molecule has 2 nitrogen and oxygen atoms in total. The minimum Gasteiger partial charge on any atom is -0.320 e. The summed E-state index contributed by atoms with van der Waals surface area (Å²) in [6.45, 7) is 7.21. The van der Waals surface area contributed by atoms with Gasteiger partial charge in [-0.05, 0) is 58.3 Å². The lowest BCUT2D eigenvalue weighted by molar-refractivity contribution is 0.114. The van der Waals surface area contributed by atoms with E-state index in [9.17, 15) is 0 Å². The van der Waals surface area contributed by atoms with Crippen molar-refractivity contribution in [2.24, 2.45) is 5.41 Å². The van der Waals surface area contributed by atoms with Crippen LogP contribution in [0.25, 0.3) is 0 Å². The summed E-state index contributed by atoms with van der Waals surface area (Å²) in [5.41, 5.74) is 0.570. The van der Waals surface area contributed by atoms with Gasteiger partial charge in [0.1, 0.15) is 0 Å². The molecular formula is C13H28N2. The number of rotatable bonds is 5. The Morgan fingerprint density at radius 1 is 1.40 bits per heavy atom. The highest BCUT2D eigenvalue weighted by Gasteiger charge is 2.29. The van der Waals surface area contributed by atoms with Crippen LogP contribution in [-0.4, -0.2) is 38.1 Å². The van der Waals surface area contributed by atoms with Crippen LogP contribution in [0.3, 0.4) is 0 Å². The molecule has 90 valence electrons. The topological polar surface area (TPSA) is 15.3 Å². The van der Waals surface area contributed by atoms with Gasteiger partial charge >= 0.3 is 0 Å². The van der Waals surface area contributed by atoms with E-state index < -0.39 is 0 Å². The minimum atomic E-state index is 0.570. The Kier molecular flexibility index (Phi) is 5.07. The molecule has 1 N–H and O–H groups in total. The van der Waals surface area contributed by atoms with Gasteiger partial charge in [0.05, 0.1) is 0 Å². The monoisotopic (exact) mass is 212 g/mol. The van der Waals surface area contributed by atoms with E-state index in [-0.39, 0.29) is 0 Å².